The summed E-state index contributed by atoms with van der Waals surface area (Å²) in [5, 5.41) is 5.48. The molecule has 0 saturated heterocycles. The van der Waals surface area contributed by atoms with E-state index in [1.807, 2.05) is 12.1 Å². The van der Waals surface area contributed by atoms with Crippen LogP contribution in [0, 0.1) is 0 Å². The Morgan fingerprint density at radius 2 is 1.81 bits per heavy atom. The monoisotopic (exact) mass is 291 g/mol. The summed E-state index contributed by atoms with van der Waals surface area (Å²) in [6.07, 6.45) is 3.28. The number of nitrogens with one attached hydrogen (secondary N) is 2. The number of amides is 3. The predicted molar refractivity (Wildman–Crippen MR) is 84.2 cm³/mol. The Labute approximate surface area is 126 Å². The number of carbonyl (C=O) groups is 2. The molecule has 1 rings (SSSR count). The molecule has 0 heterocycles. The first-order valence-electron chi connectivity index (χ1n) is 7.38. The van der Waals surface area contributed by atoms with Gasteiger partial charge in [0.15, 0.2) is 0 Å². The lowest BCUT2D eigenvalue weighted by Gasteiger charge is -2.18. The largest absolute Gasteiger partial charge is 0.355 e. The molecule has 0 spiro atoms. The van der Waals surface area contributed by atoms with E-state index in [-0.39, 0.29) is 11.9 Å². The number of hydrogen-bond donors (Lipinski definition) is 2. The predicted octanol–water partition coefficient (Wildman–Crippen LogP) is 2.38. The van der Waals surface area contributed by atoms with Crippen LogP contribution >= 0.6 is 0 Å². The fraction of sp³-hybridized carbons (Fsp3) is 0.500. The summed E-state index contributed by atoms with van der Waals surface area (Å²) in [6.45, 7) is 3.37. The van der Waals surface area contributed by atoms with Gasteiger partial charge in [-0.25, -0.2) is 4.79 Å². The Hall–Kier alpha value is -2.04. The van der Waals surface area contributed by atoms with Gasteiger partial charge in [0.25, 0.3) is 5.91 Å². The van der Waals surface area contributed by atoms with Gasteiger partial charge in [0.2, 0.25) is 0 Å². The van der Waals surface area contributed by atoms with Crippen LogP contribution in [0.4, 0.5) is 4.79 Å². The van der Waals surface area contributed by atoms with Crippen molar-refractivity contribution < 1.29 is 9.59 Å². The summed E-state index contributed by atoms with van der Waals surface area (Å²) in [6, 6.07) is 7.20. The van der Waals surface area contributed by atoms with Crippen LogP contribution in [-0.2, 0) is 6.54 Å². The van der Waals surface area contributed by atoms with E-state index in [9.17, 15) is 9.59 Å². The molecule has 3 amide bonds. The molecule has 0 saturated carbocycles. The SMILES string of the molecule is CCCCCNC(=O)N(C)Cc1ccc(C(=O)NC)cc1. The van der Waals surface area contributed by atoms with Crippen molar-refractivity contribution in [2.75, 3.05) is 20.6 Å². The molecule has 1 aromatic rings. The maximum Gasteiger partial charge on any atom is 0.317 e. The maximum absolute atomic E-state index is 11.9. The van der Waals surface area contributed by atoms with E-state index in [1.54, 1.807) is 31.1 Å². The number of hydrogen-bond acceptors (Lipinski definition) is 2. The zero-order chi connectivity index (χ0) is 15.7. The molecule has 0 aliphatic rings. The van der Waals surface area contributed by atoms with Crippen LogP contribution < -0.4 is 10.6 Å². The quantitative estimate of drug-likeness (QED) is 0.758. The Morgan fingerprint density at radius 1 is 1.14 bits per heavy atom. The van der Waals surface area contributed by atoms with Gasteiger partial charge in [-0.3, -0.25) is 4.79 Å². The normalized spacial score (nSPS) is 10.0. The second-order valence-corrected chi connectivity index (χ2v) is 5.07. The van der Waals surface area contributed by atoms with E-state index in [1.165, 1.54) is 0 Å². The highest BCUT2D eigenvalue weighted by Crippen LogP contribution is 2.07. The number of carbonyl (C=O) groups excluding carboxylic acids is 2. The van der Waals surface area contributed by atoms with E-state index >= 15 is 0 Å². The van der Waals surface area contributed by atoms with Crippen molar-refractivity contribution in [1.29, 1.82) is 0 Å². The van der Waals surface area contributed by atoms with Crippen LogP contribution in [0.2, 0.25) is 0 Å². The van der Waals surface area contributed by atoms with Crippen LogP contribution in [0.25, 0.3) is 0 Å². The highest BCUT2D eigenvalue weighted by molar-refractivity contribution is 5.93. The van der Waals surface area contributed by atoms with Crippen molar-refractivity contribution >= 4 is 11.9 Å². The number of benzene rings is 1. The van der Waals surface area contributed by atoms with Crippen LogP contribution in [-0.4, -0.2) is 37.5 Å². The first kappa shape index (κ1) is 17.0. The maximum atomic E-state index is 11.9. The van der Waals surface area contributed by atoms with E-state index in [4.69, 9.17) is 0 Å². The number of rotatable bonds is 7. The molecule has 0 unspecified atom stereocenters. The lowest BCUT2D eigenvalue weighted by atomic mass is 10.1. The molecular formula is C16H25N3O2. The van der Waals surface area contributed by atoms with Crippen molar-refractivity contribution in [1.82, 2.24) is 15.5 Å². The standard InChI is InChI=1S/C16H25N3O2/c1-4-5-6-11-18-16(21)19(3)12-13-7-9-14(10-8-13)15(20)17-2/h7-10H,4-6,11-12H2,1-3H3,(H,17,20)(H,18,21). The van der Waals surface area contributed by atoms with Gasteiger partial charge in [-0.2, -0.15) is 0 Å². The number of unbranched alkanes of at least 4 members (excludes halogenated alkanes) is 2. The Morgan fingerprint density at radius 3 is 2.38 bits per heavy atom. The summed E-state index contributed by atoms with van der Waals surface area (Å²) < 4.78 is 0. The van der Waals surface area contributed by atoms with Gasteiger partial charge in [0.1, 0.15) is 0 Å². The van der Waals surface area contributed by atoms with Gasteiger partial charge in [-0.1, -0.05) is 31.9 Å². The first-order chi connectivity index (χ1) is 10.1. The minimum atomic E-state index is -0.108. The molecule has 0 atom stereocenters. The fourth-order valence-electron chi connectivity index (χ4n) is 1.96. The molecule has 0 bridgehead atoms. The van der Waals surface area contributed by atoms with Crippen LogP contribution in [0.1, 0.15) is 42.1 Å². The summed E-state index contributed by atoms with van der Waals surface area (Å²) >= 11 is 0. The second kappa shape index (κ2) is 9.00. The molecular weight excluding hydrogens is 266 g/mol. The van der Waals surface area contributed by atoms with Gasteiger partial charge in [-0.15, -0.1) is 0 Å². The third-order valence-electron chi connectivity index (χ3n) is 3.27. The average molecular weight is 291 g/mol. The van der Waals surface area contributed by atoms with Gasteiger partial charge in [0, 0.05) is 32.7 Å². The highest BCUT2D eigenvalue weighted by atomic mass is 16.2. The van der Waals surface area contributed by atoms with E-state index in [0.29, 0.717) is 18.7 Å². The molecule has 116 valence electrons. The molecule has 0 aromatic heterocycles. The molecule has 0 radical (unpaired) electrons. The van der Waals surface area contributed by atoms with Crippen molar-refractivity contribution in [2.24, 2.45) is 0 Å². The number of nitrogens with zero attached hydrogens (tertiary/aromatic N) is 1. The van der Waals surface area contributed by atoms with Crippen molar-refractivity contribution in [3.05, 3.63) is 35.4 Å². The summed E-state index contributed by atoms with van der Waals surface area (Å²) in [5.74, 6) is -0.108. The second-order valence-electron chi connectivity index (χ2n) is 5.07. The lowest BCUT2D eigenvalue weighted by Crippen LogP contribution is -2.37. The zero-order valence-electron chi connectivity index (χ0n) is 13.1. The van der Waals surface area contributed by atoms with Gasteiger partial charge in [-0.05, 0) is 24.1 Å². The average Bonchev–Trinajstić information content (AvgIpc) is 2.51. The molecule has 0 aliphatic heterocycles. The fourth-order valence-corrected chi connectivity index (χ4v) is 1.96. The van der Waals surface area contributed by atoms with Crippen LogP contribution in [0.5, 0.6) is 0 Å². The Balaban J connectivity index is 2.44. The minimum Gasteiger partial charge on any atom is -0.355 e. The van der Waals surface area contributed by atoms with E-state index < -0.39 is 0 Å². The smallest absolute Gasteiger partial charge is 0.317 e. The third-order valence-corrected chi connectivity index (χ3v) is 3.27. The van der Waals surface area contributed by atoms with Crippen LogP contribution in [0.15, 0.2) is 24.3 Å². The van der Waals surface area contributed by atoms with Crippen molar-refractivity contribution in [3.8, 4) is 0 Å². The third kappa shape index (κ3) is 5.85. The lowest BCUT2D eigenvalue weighted by molar-refractivity contribution is 0.0963. The molecule has 0 fully saturated rings. The Bertz CT molecular complexity index is 457. The highest BCUT2D eigenvalue weighted by Gasteiger charge is 2.09. The first-order valence-corrected chi connectivity index (χ1v) is 7.38. The van der Waals surface area contributed by atoms with Gasteiger partial charge < -0.3 is 15.5 Å². The van der Waals surface area contributed by atoms with Crippen molar-refractivity contribution in [3.63, 3.8) is 0 Å². The minimum absolute atomic E-state index is 0.0681. The Kier molecular flexibility index (Phi) is 7.29. The summed E-state index contributed by atoms with van der Waals surface area (Å²) in [4.78, 5) is 25.0. The summed E-state index contributed by atoms with van der Waals surface area (Å²) in [7, 11) is 3.37. The molecule has 21 heavy (non-hydrogen) atoms. The molecule has 0 aliphatic carbocycles. The molecule has 2 N–H and O–H groups in total. The van der Waals surface area contributed by atoms with Crippen LogP contribution in [0.3, 0.4) is 0 Å². The van der Waals surface area contributed by atoms with Crippen molar-refractivity contribution in [2.45, 2.75) is 32.7 Å². The summed E-state index contributed by atoms with van der Waals surface area (Å²) in [5.41, 5.74) is 1.61. The van der Waals surface area contributed by atoms with Gasteiger partial charge in [0.05, 0.1) is 0 Å². The topological polar surface area (TPSA) is 61.4 Å². The zero-order valence-corrected chi connectivity index (χ0v) is 13.1. The molecule has 5 heteroatoms. The van der Waals surface area contributed by atoms with Gasteiger partial charge >= 0.3 is 6.03 Å². The molecule has 1 aromatic carbocycles. The van der Waals surface area contributed by atoms with E-state index in [0.717, 1.165) is 24.8 Å². The number of urea groups is 1. The van der Waals surface area contributed by atoms with E-state index in [2.05, 4.69) is 17.6 Å². The molecule has 5 nitrogen and oxygen atoms in total.